The number of hydrogen-bond acceptors (Lipinski definition) is 8. The Morgan fingerprint density at radius 2 is 1.64 bits per heavy atom. The Balaban J connectivity index is 1.14. The van der Waals surface area contributed by atoms with Crippen LogP contribution in [0, 0.1) is 22.7 Å². The number of likely N-dealkylation sites (tertiary alicyclic amines) is 1. The summed E-state index contributed by atoms with van der Waals surface area (Å²) in [6.07, 6.45) is -4.47. The van der Waals surface area contributed by atoms with Gasteiger partial charge in [-0.15, -0.1) is 0 Å². The fourth-order valence-electron chi connectivity index (χ4n) is 10.9. The van der Waals surface area contributed by atoms with Crippen LogP contribution in [0.2, 0.25) is 5.02 Å². The van der Waals surface area contributed by atoms with E-state index in [0.29, 0.717) is 65.5 Å². The van der Waals surface area contributed by atoms with Gasteiger partial charge in [0.25, 0.3) is 0 Å². The van der Waals surface area contributed by atoms with Gasteiger partial charge in [0, 0.05) is 38.5 Å². The molecule has 7 rings (SSSR count). The van der Waals surface area contributed by atoms with E-state index in [1.807, 2.05) is 19.9 Å². The second-order valence-electron chi connectivity index (χ2n) is 21.8. The number of carbonyl (C=O) groups excluding carboxylic acids is 7. The number of amides is 7. The molecule has 0 radical (unpaired) electrons. The first-order valence-electron chi connectivity index (χ1n) is 25.1. The lowest BCUT2D eigenvalue weighted by molar-refractivity contribution is -0.285. The summed E-state index contributed by atoms with van der Waals surface area (Å²) in [5, 5.41) is 11.5. The number of halogens is 5. The molecule has 1 spiro atoms. The van der Waals surface area contributed by atoms with Gasteiger partial charge in [0.05, 0.1) is 6.54 Å². The van der Waals surface area contributed by atoms with Crippen LogP contribution >= 0.6 is 11.6 Å². The molecule has 2 aliphatic heterocycles. The summed E-state index contributed by atoms with van der Waals surface area (Å²) in [6.45, 7) is 6.22. The fraction of sp³-hybridized carbons (Fsp3) is 0.635. The molecule has 7 amide bonds. The molecule has 2 aromatic rings. The van der Waals surface area contributed by atoms with Crippen molar-refractivity contribution in [1.29, 1.82) is 0 Å². The van der Waals surface area contributed by atoms with Crippen LogP contribution in [0.1, 0.15) is 110 Å². The number of rotatable bonds is 12. The average molecular weight is 1030 g/mol. The number of nitrogens with one attached hydrogen (secondary N) is 4. The Morgan fingerprint density at radius 1 is 0.958 bits per heavy atom. The molecule has 2 saturated heterocycles. The molecule has 0 aromatic heterocycles. The third-order valence-electron chi connectivity index (χ3n) is 15.3. The van der Waals surface area contributed by atoms with Crippen LogP contribution in [0.15, 0.2) is 48.5 Å². The van der Waals surface area contributed by atoms with Gasteiger partial charge < -0.3 is 40.7 Å². The number of hydrogen-bond donors (Lipinski definition) is 4. The third-order valence-corrected chi connectivity index (χ3v) is 15.6. The van der Waals surface area contributed by atoms with E-state index >= 15 is 4.39 Å². The predicted octanol–water partition coefficient (Wildman–Crippen LogP) is 6.40. The van der Waals surface area contributed by atoms with Crippen molar-refractivity contribution in [2.75, 3.05) is 27.2 Å². The van der Waals surface area contributed by atoms with Crippen LogP contribution in [0.4, 0.5) is 17.6 Å². The van der Waals surface area contributed by atoms with Gasteiger partial charge in [0.15, 0.2) is 0 Å². The van der Waals surface area contributed by atoms with Gasteiger partial charge in [-0.2, -0.15) is 13.2 Å². The van der Waals surface area contributed by atoms with Gasteiger partial charge >= 0.3 is 6.18 Å². The van der Waals surface area contributed by atoms with E-state index in [2.05, 4.69) is 21.3 Å². The number of para-hydroxylation sites is 1. The standard InChI is InChI=1S/C52H68ClF4N7O8/c1-30(2)23-36-45(68)63(6)38(25-32-24-33(53)18-19-40(32)72-35-13-8-7-9-14-35)44(67)61-49(3,4)47(70)58-22-11-10-15-37(42(65)59-36)62(5)46(69)41(31-16-17-31)60-43(66)39-26-34(54)27-64(39)48(71)51(52(55,56)57)28-50(29-51)20-12-21-50/h7-9,13-14,18-19,24,30-31,34,36-39,41H,10-12,15-17,20-23,25-29H2,1-6H3,(H,58,70)(H,59,65)(H,60,66)(H,61,67)/t34-,36+,37+,38+,39+,41+/m1/s1. The zero-order valence-corrected chi connectivity index (χ0v) is 42.6. The van der Waals surface area contributed by atoms with Crippen LogP contribution in [-0.2, 0) is 40.0 Å². The van der Waals surface area contributed by atoms with Crippen molar-refractivity contribution >= 4 is 53.0 Å². The van der Waals surface area contributed by atoms with Gasteiger partial charge in [-0.1, -0.05) is 50.1 Å². The maximum atomic E-state index is 15.2. The summed E-state index contributed by atoms with van der Waals surface area (Å²) in [6, 6.07) is 7.19. The molecule has 3 aliphatic carbocycles. The summed E-state index contributed by atoms with van der Waals surface area (Å²) < 4.78 is 65.5. The first kappa shape index (κ1) is 54.3. The van der Waals surface area contributed by atoms with E-state index in [4.69, 9.17) is 16.3 Å². The third kappa shape index (κ3) is 11.8. The van der Waals surface area contributed by atoms with Crippen molar-refractivity contribution in [1.82, 2.24) is 36.0 Å². The predicted molar refractivity (Wildman–Crippen MR) is 259 cm³/mol. The highest BCUT2D eigenvalue weighted by molar-refractivity contribution is 6.30. The van der Waals surface area contributed by atoms with Crippen LogP contribution < -0.4 is 26.0 Å². The highest BCUT2D eigenvalue weighted by Crippen LogP contribution is 2.69. The van der Waals surface area contributed by atoms with Gasteiger partial charge in [-0.05, 0) is 131 Å². The number of benzene rings is 2. The molecule has 2 heterocycles. The molecule has 3 saturated carbocycles. The Kier molecular flexibility index (Phi) is 16.3. The van der Waals surface area contributed by atoms with Crippen molar-refractivity contribution in [2.45, 2.75) is 159 Å². The molecule has 0 bridgehead atoms. The van der Waals surface area contributed by atoms with E-state index in [9.17, 15) is 46.7 Å². The second-order valence-corrected chi connectivity index (χ2v) is 22.2. The summed E-state index contributed by atoms with van der Waals surface area (Å²) in [7, 11) is 2.80. The van der Waals surface area contributed by atoms with Crippen LogP contribution in [0.5, 0.6) is 11.5 Å². The number of likely N-dealkylation sites (N-methyl/N-ethyl adjacent to an activating group) is 2. The van der Waals surface area contributed by atoms with Gasteiger partial charge in [0.2, 0.25) is 41.4 Å². The molecule has 5 fully saturated rings. The molecular weight excluding hydrogens is 962 g/mol. The lowest BCUT2D eigenvalue weighted by atomic mass is 9.44. The smallest absolute Gasteiger partial charge is 0.403 e. The first-order valence-corrected chi connectivity index (χ1v) is 25.5. The van der Waals surface area contributed by atoms with Gasteiger partial charge in [-0.25, -0.2) is 4.39 Å². The maximum absolute atomic E-state index is 15.2. The van der Waals surface area contributed by atoms with Crippen LogP contribution in [-0.4, -0.2) is 131 Å². The normalized spacial score (nSPS) is 26.1. The van der Waals surface area contributed by atoms with Crippen LogP contribution in [0.3, 0.4) is 0 Å². The summed E-state index contributed by atoms with van der Waals surface area (Å²) in [5.41, 5.74) is -4.29. The summed E-state index contributed by atoms with van der Waals surface area (Å²) >= 11 is 6.49. The first-order chi connectivity index (χ1) is 33.8. The number of carbonyl (C=O) groups is 7. The highest BCUT2D eigenvalue weighted by Gasteiger charge is 2.74. The quantitative estimate of drug-likeness (QED) is 0.176. The monoisotopic (exact) mass is 1030 g/mol. The fourth-order valence-corrected chi connectivity index (χ4v) is 11.1. The summed E-state index contributed by atoms with van der Waals surface area (Å²) in [5.74, 6) is -5.24. The van der Waals surface area contributed by atoms with E-state index in [1.54, 1.807) is 42.5 Å². The molecule has 5 aliphatic rings. The van der Waals surface area contributed by atoms with Crippen molar-refractivity contribution < 1.29 is 55.9 Å². The summed E-state index contributed by atoms with van der Waals surface area (Å²) in [4.78, 5) is 103. The Labute approximate surface area is 423 Å². The molecule has 4 N–H and O–H groups in total. The number of ether oxygens (including phenoxy) is 1. The Bertz CT molecular complexity index is 2370. The molecular formula is C52H68ClF4N7O8. The minimum Gasteiger partial charge on any atom is -0.457 e. The molecule has 394 valence electrons. The van der Waals surface area contributed by atoms with Crippen molar-refractivity contribution in [3.63, 3.8) is 0 Å². The molecule has 20 heteroatoms. The average Bonchev–Trinajstić information content (AvgIpc) is 4.05. The van der Waals surface area contributed by atoms with E-state index in [0.717, 1.165) is 6.42 Å². The largest absolute Gasteiger partial charge is 0.457 e. The number of nitrogens with zero attached hydrogens (tertiary/aromatic N) is 3. The lowest BCUT2D eigenvalue weighted by Gasteiger charge is -2.60. The van der Waals surface area contributed by atoms with E-state index in [1.165, 1.54) is 37.7 Å². The maximum Gasteiger partial charge on any atom is 0.403 e. The minimum atomic E-state index is -4.91. The zero-order valence-electron chi connectivity index (χ0n) is 41.8. The van der Waals surface area contributed by atoms with E-state index in [-0.39, 0.29) is 31.7 Å². The van der Waals surface area contributed by atoms with Crippen LogP contribution in [0.25, 0.3) is 0 Å². The van der Waals surface area contributed by atoms with E-state index < -0.39 is 132 Å². The van der Waals surface area contributed by atoms with Crippen molar-refractivity contribution in [3.8, 4) is 11.5 Å². The minimum absolute atomic E-state index is 0.0465. The zero-order chi connectivity index (χ0) is 52.5. The van der Waals surface area contributed by atoms with Gasteiger partial charge in [-0.3, -0.25) is 33.6 Å². The topological polar surface area (TPSA) is 187 Å². The molecule has 6 atom stereocenters. The Hall–Kier alpha value is -5.46. The molecule has 2 aromatic carbocycles. The highest BCUT2D eigenvalue weighted by atomic mass is 35.5. The molecule has 15 nitrogen and oxygen atoms in total. The van der Waals surface area contributed by atoms with Crippen molar-refractivity contribution in [2.24, 2.45) is 22.7 Å². The molecule has 0 unspecified atom stereocenters. The van der Waals surface area contributed by atoms with Gasteiger partial charge in [0.1, 0.15) is 58.8 Å². The Morgan fingerprint density at radius 3 is 2.25 bits per heavy atom. The number of alkyl halides is 4. The SMILES string of the molecule is CC(C)C[C@@H]1NC(=O)[C@@H](N(C)C(=O)[C@@H](NC(=O)[C@@H]2C[C@@H](F)CN2C(=O)C2(C(F)(F)F)CC3(CCC3)C2)C2CC2)CCCCNC(=O)C(C)(C)NC(=O)[C@H](Cc2cc(Cl)ccc2Oc2ccccc2)N(C)C1=O. The van der Waals surface area contributed by atoms with Crippen molar-refractivity contribution in [3.05, 3.63) is 59.1 Å². The lowest BCUT2D eigenvalue weighted by Crippen LogP contribution is -2.66. The second kappa shape index (κ2) is 21.6. The molecule has 72 heavy (non-hydrogen) atoms.